The summed E-state index contributed by atoms with van der Waals surface area (Å²) in [6.45, 7) is 4.73. The van der Waals surface area contributed by atoms with E-state index in [9.17, 15) is 4.39 Å². The van der Waals surface area contributed by atoms with Crippen LogP contribution in [0, 0.1) is 11.7 Å². The second-order valence-electron chi connectivity index (χ2n) is 5.44. The van der Waals surface area contributed by atoms with Crippen molar-refractivity contribution in [3.63, 3.8) is 0 Å². The molecule has 1 unspecified atom stereocenters. The zero-order valence-corrected chi connectivity index (χ0v) is 13.6. The molecule has 1 N–H and O–H groups in total. The van der Waals surface area contributed by atoms with Crippen LogP contribution >= 0.6 is 15.9 Å². The fourth-order valence-corrected chi connectivity index (χ4v) is 3.13. The second kappa shape index (κ2) is 8.11. The molecule has 0 aliphatic carbocycles. The minimum absolute atomic E-state index is 0.0931. The standard InChI is InChI=1S/C16H23BrFNO/c1-2-8-19-15(11-12-6-9-20-10-7-12)13-4-3-5-14(17)16(13)18/h3-5,12,15,19H,2,6-11H2,1H3. The van der Waals surface area contributed by atoms with E-state index < -0.39 is 0 Å². The Morgan fingerprint density at radius 3 is 2.85 bits per heavy atom. The molecule has 4 heteroatoms. The third-order valence-corrected chi connectivity index (χ3v) is 4.52. The van der Waals surface area contributed by atoms with Crippen LogP contribution in [0.25, 0.3) is 0 Å². The summed E-state index contributed by atoms with van der Waals surface area (Å²) in [5, 5.41) is 3.50. The Hall–Kier alpha value is -0.450. The third-order valence-electron chi connectivity index (χ3n) is 3.91. The van der Waals surface area contributed by atoms with Gasteiger partial charge in [0.15, 0.2) is 0 Å². The summed E-state index contributed by atoms with van der Waals surface area (Å²) >= 11 is 3.28. The highest BCUT2D eigenvalue weighted by molar-refractivity contribution is 9.10. The molecule has 1 aromatic carbocycles. The average molecular weight is 344 g/mol. The molecule has 2 rings (SSSR count). The molecule has 112 valence electrons. The summed E-state index contributed by atoms with van der Waals surface area (Å²) < 4.78 is 20.3. The third kappa shape index (κ3) is 4.27. The largest absolute Gasteiger partial charge is 0.381 e. The van der Waals surface area contributed by atoms with Crippen LogP contribution in [-0.4, -0.2) is 19.8 Å². The first-order valence-electron chi connectivity index (χ1n) is 7.47. The molecule has 0 spiro atoms. The fourth-order valence-electron chi connectivity index (χ4n) is 2.74. The highest BCUT2D eigenvalue weighted by Crippen LogP contribution is 2.31. The molecule has 1 aliphatic rings. The molecule has 0 aromatic heterocycles. The van der Waals surface area contributed by atoms with Crippen molar-refractivity contribution >= 4 is 15.9 Å². The van der Waals surface area contributed by atoms with Crippen LogP contribution in [0.2, 0.25) is 0 Å². The van der Waals surface area contributed by atoms with Crippen molar-refractivity contribution in [3.8, 4) is 0 Å². The van der Waals surface area contributed by atoms with Gasteiger partial charge in [-0.15, -0.1) is 0 Å². The topological polar surface area (TPSA) is 21.3 Å². The maximum Gasteiger partial charge on any atom is 0.142 e. The van der Waals surface area contributed by atoms with Crippen LogP contribution in [0.1, 0.15) is 44.2 Å². The van der Waals surface area contributed by atoms with Gasteiger partial charge in [0, 0.05) is 24.8 Å². The minimum Gasteiger partial charge on any atom is -0.381 e. The van der Waals surface area contributed by atoms with Crippen molar-refractivity contribution in [3.05, 3.63) is 34.1 Å². The van der Waals surface area contributed by atoms with E-state index in [1.54, 1.807) is 6.07 Å². The molecule has 1 heterocycles. The molecule has 1 saturated heterocycles. The number of rotatable bonds is 6. The monoisotopic (exact) mass is 343 g/mol. The molecule has 0 saturated carbocycles. The Labute approximate surface area is 129 Å². The number of nitrogens with one attached hydrogen (secondary N) is 1. The van der Waals surface area contributed by atoms with Crippen LogP contribution < -0.4 is 5.32 Å². The van der Waals surface area contributed by atoms with Crippen molar-refractivity contribution in [1.29, 1.82) is 0 Å². The van der Waals surface area contributed by atoms with Gasteiger partial charge in [0.05, 0.1) is 4.47 Å². The van der Waals surface area contributed by atoms with Crippen molar-refractivity contribution in [2.45, 2.75) is 38.6 Å². The van der Waals surface area contributed by atoms with E-state index in [1.807, 2.05) is 12.1 Å². The van der Waals surface area contributed by atoms with Crippen LogP contribution in [0.15, 0.2) is 22.7 Å². The lowest BCUT2D eigenvalue weighted by Gasteiger charge is -2.28. The first-order valence-corrected chi connectivity index (χ1v) is 8.26. The molecule has 1 aliphatic heterocycles. The quantitative estimate of drug-likeness (QED) is 0.823. The lowest BCUT2D eigenvalue weighted by Crippen LogP contribution is -2.27. The summed E-state index contributed by atoms with van der Waals surface area (Å²) in [5.41, 5.74) is 0.777. The van der Waals surface area contributed by atoms with Gasteiger partial charge < -0.3 is 10.1 Å². The van der Waals surface area contributed by atoms with Gasteiger partial charge in [-0.3, -0.25) is 0 Å². The van der Waals surface area contributed by atoms with E-state index in [4.69, 9.17) is 4.74 Å². The summed E-state index contributed by atoms with van der Waals surface area (Å²) in [6.07, 6.45) is 4.20. The van der Waals surface area contributed by atoms with Gasteiger partial charge in [-0.05, 0) is 60.1 Å². The minimum atomic E-state index is -0.131. The maximum absolute atomic E-state index is 14.3. The number of halogens is 2. The van der Waals surface area contributed by atoms with Crippen LogP contribution in [0.3, 0.4) is 0 Å². The predicted molar refractivity (Wildman–Crippen MR) is 83.3 cm³/mol. The van der Waals surface area contributed by atoms with E-state index in [2.05, 4.69) is 28.2 Å². The maximum atomic E-state index is 14.3. The Kier molecular flexibility index (Phi) is 6.46. The van der Waals surface area contributed by atoms with Gasteiger partial charge in [-0.1, -0.05) is 19.1 Å². The Morgan fingerprint density at radius 1 is 1.40 bits per heavy atom. The molecule has 0 radical (unpaired) electrons. The van der Waals surface area contributed by atoms with Gasteiger partial charge in [-0.25, -0.2) is 4.39 Å². The second-order valence-corrected chi connectivity index (χ2v) is 6.30. The van der Waals surface area contributed by atoms with Crippen molar-refractivity contribution in [2.24, 2.45) is 5.92 Å². The number of ether oxygens (including phenoxy) is 1. The lowest BCUT2D eigenvalue weighted by atomic mass is 9.89. The molecular weight excluding hydrogens is 321 g/mol. The van der Waals surface area contributed by atoms with Crippen molar-refractivity contribution < 1.29 is 9.13 Å². The SMILES string of the molecule is CCCNC(CC1CCOCC1)c1cccc(Br)c1F. The van der Waals surface area contributed by atoms with Gasteiger partial charge in [0.25, 0.3) is 0 Å². The first-order chi connectivity index (χ1) is 9.72. The van der Waals surface area contributed by atoms with E-state index in [0.29, 0.717) is 10.4 Å². The van der Waals surface area contributed by atoms with Crippen LogP contribution in [0.5, 0.6) is 0 Å². The average Bonchev–Trinajstić information content (AvgIpc) is 2.48. The molecular formula is C16H23BrFNO. The van der Waals surface area contributed by atoms with E-state index in [0.717, 1.165) is 51.0 Å². The smallest absolute Gasteiger partial charge is 0.142 e. The van der Waals surface area contributed by atoms with Crippen LogP contribution in [0.4, 0.5) is 4.39 Å². The molecule has 0 bridgehead atoms. The highest BCUT2D eigenvalue weighted by atomic mass is 79.9. The molecule has 1 atom stereocenters. The molecule has 2 nitrogen and oxygen atoms in total. The summed E-state index contributed by atoms with van der Waals surface area (Å²) in [4.78, 5) is 0. The first kappa shape index (κ1) is 15.9. The molecule has 0 amide bonds. The van der Waals surface area contributed by atoms with E-state index >= 15 is 0 Å². The zero-order chi connectivity index (χ0) is 14.4. The van der Waals surface area contributed by atoms with E-state index in [1.165, 1.54) is 0 Å². The lowest BCUT2D eigenvalue weighted by molar-refractivity contribution is 0.0604. The number of hydrogen-bond donors (Lipinski definition) is 1. The van der Waals surface area contributed by atoms with Crippen molar-refractivity contribution in [2.75, 3.05) is 19.8 Å². The Morgan fingerprint density at radius 2 is 2.15 bits per heavy atom. The van der Waals surface area contributed by atoms with Gasteiger partial charge in [-0.2, -0.15) is 0 Å². The number of hydrogen-bond acceptors (Lipinski definition) is 2. The highest BCUT2D eigenvalue weighted by Gasteiger charge is 2.22. The fraction of sp³-hybridized carbons (Fsp3) is 0.625. The zero-order valence-electron chi connectivity index (χ0n) is 12.0. The summed E-state index contributed by atoms with van der Waals surface area (Å²) in [7, 11) is 0. The predicted octanol–water partition coefficient (Wildman–Crippen LogP) is 4.45. The molecule has 1 aromatic rings. The van der Waals surface area contributed by atoms with Crippen LogP contribution in [-0.2, 0) is 4.74 Å². The van der Waals surface area contributed by atoms with E-state index in [-0.39, 0.29) is 11.9 Å². The van der Waals surface area contributed by atoms with Gasteiger partial charge >= 0.3 is 0 Å². The van der Waals surface area contributed by atoms with Crippen molar-refractivity contribution in [1.82, 2.24) is 5.32 Å². The normalized spacial score (nSPS) is 18.1. The van der Waals surface area contributed by atoms with Gasteiger partial charge in [0.1, 0.15) is 5.82 Å². The number of benzene rings is 1. The summed E-state index contributed by atoms with van der Waals surface area (Å²) in [6, 6.07) is 5.65. The van der Waals surface area contributed by atoms with Gasteiger partial charge in [0.2, 0.25) is 0 Å². The molecule has 20 heavy (non-hydrogen) atoms. The summed E-state index contributed by atoms with van der Waals surface area (Å²) in [5.74, 6) is 0.490. The Bertz CT molecular complexity index is 421. The molecule has 1 fully saturated rings. The Balaban J connectivity index is 2.11.